The number of nitrogens with zero attached hydrogens (tertiary/aromatic N) is 7. The molecule has 13 nitrogen and oxygen atoms in total. The minimum Gasteiger partial charge on any atom is -0.378 e. The highest BCUT2D eigenvalue weighted by molar-refractivity contribution is 5.94. The van der Waals surface area contributed by atoms with Crippen molar-refractivity contribution in [1.82, 2.24) is 30.7 Å². The Morgan fingerprint density at radius 2 is 2.21 bits per heavy atom. The summed E-state index contributed by atoms with van der Waals surface area (Å²) in [7, 11) is 0. The van der Waals surface area contributed by atoms with Crippen LogP contribution in [0.1, 0.15) is 35.1 Å². The lowest BCUT2D eigenvalue weighted by Gasteiger charge is -2.03. The summed E-state index contributed by atoms with van der Waals surface area (Å²) < 4.78 is 5.83. The Balaban J connectivity index is 1.83. The predicted octanol–water partition coefficient (Wildman–Crippen LogP) is 0.857. The van der Waals surface area contributed by atoms with Gasteiger partial charge in [-0.15, -0.1) is 5.10 Å². The zero-order chi connectivity index (χ0) is 20.1. The third-order valence-electron chi connectivity index (χ3n) is 3.66. The molecule has 0 atom stereocenters. The van der Waals surface area contributed by atoms with Gasteiger partial charge < -0.3 is 5.73 Å². The molecule has 0 saturated heterocycles. The summed E-state index contributed by atoms with van der Waals surface area (Å²) in [6.07, 6.45) is 2.33. The van der Waals surface area contributed by atoms with Crippen molar-refractivity contribution in [1.29, 1.82) is 0 Å². The number of amides is 1. The van der Waals surface area contributed by atoms with E-state index in [0.29, 0.717) is 18.5 Å². The molecule has 0 bridgehead atoms. The van der Waals surface area contributed by atoms with Crippen molar-refractivity contribution in [3.8, 4) is 5.82 Å². The normalized spacial score (nSPS) is 11.0. The Bertz CT molecular complexity index is 1040. The monoisotopic (exact) mass is 385 g/mol. The second kappa shape index (κ2) is 8.03. The van der Waals surface area contributed by atoms with Crippen molar-refractivity contribution in [2.24, 2.45) is 5.10 Å². The fourth-order valence-corrected chi connectivity index (χ4v) is 2.42. The number of nitrogen functional groups attached to an aromatic ring is 1. The van der Waals surface area contributed by atoms with E-state index in [-0.39, 0.29) is 28.6 Å². The SMILES string of the molecule is CCCc1c(C(=O)N/N=C\c2ccccc2[N+](=O)[O-])nnn1-c1nonc1N. The number of nitro benzene ring substituents is 1. The molecule has 0 unspecified atom stereocenters. The number of rotatable bonds is 7. The average molecular weight is 385 g/mol. The summed E-state index contributed by atoms with van der Waals surface area (Å²) in [6, 6.07) is 6.00. The van der Waals surface area contributed by atoms with Crippen molar-refractivity contribution in [3.05, 3.63) is 51.3 Å². The molecule has 0 fully saturated rings. The number of benzene rings is 1. The lowest BCUT2D eigenvalue weighted by atomic mass is 10.2. The Hall–Kier alpha value is -4.16. The number of carbonyl (C=O) groups is 1. The minimum atomic E-state index is -0.639. The first-order valence-electron chi connectivity index (χ1n) is 8.12. The predicted molar refractivity (Wildman–Crippen MR) is 95.8 cm³/mol. The van der Waals surface area contributed by atoms with Gasteiger partial charge in [0.2, 0.25) is 11.6 Å². The van der Waals surface area contributed by atoms with Crippen LogP contribution in [0.3, 0.4) is 0 Å². The first kappa shape index (κ1) is 18.6. The van der Waals surface area contributed by atoms with Crippen LogP contribution in [-0.4, -0.2) is 42.4 Å². The molecule has 0 aliphatic rings. The molecule has 0 aliphatic carbocycles. The van der Waals surface area contributed by atoms with E-state index in [1.54, 1.807) is 6.07 Å². The van der Waals surface area contributed by atoms with E-state index in [9.17, 15) is 14.9 Å². The number of para-hydroxylation sites is 1. The van der Waals surface area contributed by atoms with Crippen molar-refractivity contribution in [3.63, 3.8) is 0 Å². The van der Waals surface area contributed by atoms with Crippen molar-refractivity contribution >= 4 is 23.6 Å². The lowest BCUT2D eigenvalue weighted by molar-refractivity contribution is -0.385. The molecule has 144 valence electrons. The van der Waals surface area contributed by atoms with Crippen LogP contribution in [0.25, 0.3) is 5.82 Å². The van der Waals surface area contributed by atoms with E-state index >= 15 is 0 Å². The standard InChI is InChI=1S/C15H15N9O4/c1-2-5-11-12(18-22-23(11)14-13(16)20-28-21-14)15(25)19-17-8-9-6-3-4-7-10(9)24(26)27/h3-4,6-8H,2,5H2,1H3,(H2,16,20)(H,19,25)/b17-8-. The summed E-state index contributed by atoms with van der Waals surface area (Å²) in [6.45, 7) is 1.91. The summed E-state index contributed by atoms with van der Waals surface area (Å²) in [5.74, 6) is -0.512. The summed E-state index contributed by atoms with van der Waals surface area (Å²) in [5.41, 5.74) is 8.53. The van der Waals surface area contributed by atoms with Crippen LogP contribution in [-0.2, 0) is 6.42 Å². The number of carbonyl (C=O) groups excluding carboxylic acids is 1. The maximum Gasteiger partial charge on any atom is 0.293 e. The molecule has 1 aromatic carbocycles. The molecule has 3 aromatic rings. The smallest absolute Gasteiger partial charge is 0.293 e. The summed E-state index contributed by atoms with van der Waals surface area (Å²) >= 11 is 0. The molecule has 3 N–H and O–H groups in total. The molecule has 2 aromatic heterocycles. The number of nitrogens with one attached hydrogen (secondary N) is 1. The van der Waals surface area contributed by atoms with Crippen LogP contribution in [0, 0.1) is 10.1 Å². The molecular formula is C15H15N9O4. The van der Waals surface area contributed by atoms with Gasteiger partial charge in [-0.3, -0.25) is 14.9 Å². The van der Waals surface area contributed by atoms with Crippen LogP contribution in [0.5, 0.6) is 0 Å². The van der Waals surface area contributed by atoms with E-state index in [1.807, 2.05) is 6.92 Å². The summed E-state index contributed by atoms with van der Waals surface area (Å²) in [5, 5.41) is 29.7. The molecule has 3 rings (SSSR count). The molecular weight excluding hydrogens is 370 g/mol. The first-order valence-corrected chi connectivity index (χ1v) is 8.12. The number of hydrogen-bond donors (Lipinski definition) is 2. The van der Waals surface area contributed by atoms with E-state index in [4.69, 9.17) is 5.73 Å². The molecule has 1 amide bonds. The second-order valence-electron chi connectivity index (χ2n) is 5.53. The topological polar surface area (TPSA) is 180 Å². The van der Waals surface area contributed by atoms with Crippen LogP contribution in [0.2, 0.25) is 0 Å². The molecule has 2 heterocycles. The van der Waals surface area contributed by atoms with Gasteiger partial charge in [-0.2, -0.15) is 9.78 Å². The van der Waals surface area contributed by atoms with Crippen LogP contribution in [0.4, 0.5) is 11.5 Å². The van der Waals surface area contributed by atoms with Crippen molar-refractivity contribution in [2.75, 3.05) is 5.73 Å². The van der Waals surface area contributed by atoms with Crippen LogP contribution >= 0.6 is 0 Å². The fourth-order valence-electron chi connectivity index (χ4n) is 2.42. The molecule has 0 spiro atoms. The maximum absolute atomic E-state index is 12.5. The quantitative estimate of drug-likeness (QED) is 0.338. The Kier molecular flexibility index (Phi) is 5.34. The number of hydrogen-bond acceptors (Lipinski definition) is 10. The van der Waals surface area contributed by atoms with Crippen molar-refractivity contribution < 1.29 is 14.3 Å². The first-order chi connectivity index (χ1) is 13.5. The highest BCUT2D eigenvalue weighted by Crippen LogP contribution is 2.17. The molecule has 0 aliphatic heterocycles. The van der Waals surface area contributed by atoms with Crippen LogP contribution < -0.4 is 11.2 Å². The van der Waals surface area contributed by atoms with Gasteiger partial charge in [-0.25, -0.2) is 10.1 Å². The zero-order valence-corrected chi connectivity index (χ0v) is 14.6. The Morgan fingerprint density at radius 1 is 1.43 bits per heavy atom. The lowest BCUT2D eigenvalue weighted by Crippen LogP contribution is -2.20. The van der Waals surface area contributed by atoms with Gasteiger partial charge in [-0.1, -0.05) is 30.7 Å². The number of hydrazone groups is 1. The highest BCUT2D eigenvalue weighted by atomic mass is 16.6. The van der Waals surface area contributed by atoms with Gasteiger partial charge in [0, 0.05) is 6.07 Å². The third kappa shape index (κ3) is 3.67. The van der Waals surface area contributed by atoms with Gasteiger partial charge in [0.05, 0.1) is 22.4 Å². The van der Waals surface area contributed by atoms with Gasteiger partial charge in [-0.05, 0) is 22.8 Å². The fraction of sp³-hybridized carbons (Fsp3) is 0.200. The van der Waals surface area contributed by atoms with Gasteiger partial charge >= 0.3 is 0 Å². The number of anilines is 1. The second-order valence-corrected chi connectivity index (χ2v) is 5.53. The van der Waals surface area contributed by atoms with Gasteiger partial charge in [0.25, 0.3) is 11.6 Å². The Labute approximate surface area is 157 Å². The third-order valence-corrected chi connectivity index (χ3v) is 3.66. The van der Waals surface area contributed by atoms with Crippen molar-refractivity contribution in [2.45, 2.75) is 19.8 Å². The number of nitrogens with two attached hydrogens (primary N) is 1. The van der Waals surface area contributed by atoms with E-state index in [2.05, 4.69) is 35.8 Å². The number of aromatic nitrogens is 5. The minimum absolute atomic E-state index is 0.00335. The van der Waals surface area contributed by atoms with Gasteiger partial charge in [0.1, 0.15) is 0 Å². The highest BCUT2D eigenvalue weighted by Gasteiger charge is 2.23. The molecule has 0 radical (unpaired) electrons. The van der Waals surface area contributed by atoms with E-state index in [0.717, 1.165) is 0 Å². The maximum atomic E-state index is 12.5. The van der Waals surface area contributed by atoms with Crippen LogP contribution in [0.15, 0.2) is 34.0 Å². The largest absolute Gasteiger partial charge is 0.378 e. The zero-order valence-electron chi connectivity index (χ0n) is 14.6. The Morgan fingerprint density at radius 3 is 2.89 bits per heavy atom. The molecule has 0 saturated carbocycles. The van der Waals surface area contributed by atoms with E-state index in [1.165, 1.54) is 29.1 Å². The number of nitro groups is 1. The average Bonchev–Trinajstić information content (AvgIpc) is 3.28. The molecule has 13 heteroatoms. The van der Waals surface area contributed by atoms with Gasteiger partial charge in [0.15, 0.2) is 5.69 Å². The molecule has 28 heavy (non-hydrogen) atoms. The van der Waals surface area contributed by atoms with E-state index < -0.39 is 10.8 Å². The summed E-state index contributed by atoms with van der Waals surface area (Å²) in [4.78, 5) is 22.9.